The van der Waals surface area contributed by atoms with Gasteiger partial charge in [-0.2, -0.15) is 4.99 Å². The third-order valence-corrected chi connectivity index (χ3v) is 8.45. The Bertz CT molecular complexity index is 899. The molecule has 1 aromatic carbocycles. The molecular formula is C18H22N2O5S2. The third-order valence-electron chi connectivity index (χ3n) is 5.20. The first-order valence-corrected chi connectivity index (χ1v) is 11.7. The van der Waals surface area contributed by atoms with Gasteiger partial charge >= 0.3 is 0 Å². The molecule has 1 aromatic rings. The first-order chi connectivity index (χ1) is 12.9. The molecule has 3 heterocycles. The molecule has 7 nitrogen and oxygen atoms in total. The molecule has 0 unspecified atom stereocenters. The average molecular weight is 411 g/mol. The second kappa shape index (κ2) is 7.01. The summed E-state index contributed by atoms with van der Waals surface area (Å²) in [6.07, 6.45) is 0.726. The van der Waals surface area contributed by atoms with Gasteiger partial charge < -0.3 is 14.4 Å². The fraction of sp³-hybridized carbons (Fsp3) is 0.556. The molecule has 0 aromatic heterocycles. The van der Waals surface area contributed by atoms with Crippen LogP contribution in [0.25, 0.3) is 0 Å². The van der Waals surface area contributed by atoms with E-state index < -0.39 is 9.84 Å². The molecule has 4 rings (SSSR count). The van der Waals surface area contributed by atoms with Crippen molar-refractivity contribution in [2.45, 2.75) is 38.1 Å². The van der Waals surface area contributed by atoms with Gasteiger partial charge in [0.25, 0.3) is 5.91 Å². The Kier molecular flexibility index (Phi) is 4.84. The molecule has 146 valence electrons. The number of amides is 1. The minimum atomic E-state index is -3.06. The van der Waals surface area contributed by atoms with E-state index in [9.17, 15) is 13.2 Å². The second-order valence-corrected chi connectivity index (χ2v) is 10.5. The smallest absolute Gasteiger partial charge is 0.250 e. The van der Waals surface area contributed by atoms with Crippen molar-refractivity contribution in [3.63, 3.8) is 0 Å². The van der Waals surface area contributed by atoms with E-state index >= 15 is 0 Å². The van der Waals surface area contributed by atoms with Crippen LogP contribution in [0.15, 0.2) is 23.2 Å². The van der Waals surface area contributed by atoms with E-state index in [1.165, 1.54) is 11.8 Å². The summed E-state index contributed by atoms with van der Waals surface area (Å²) in [4.78, 5) is 18.7. The lowest BCUT2D eigenvalue weighted by Crippen LogP contribution is -2.37. The Hall–Kier alpha value is -1.74. The van der Waals surface area contributed by atoms with Crippen LogP contribution in [-0.4, -0.2) is 54.0 Å². The summed E-state index contributed by atoms with van der Waals surface area (Å²) in [6, 6.07) is 5.53. The van der Waals surface area contributed by atoms with Crippen LogP contribution in [0.1, 0.15) is 25.8 Å². The van der Waals surface area contributed by atoms with Gasteiger partial charge in [-0.05, 0) is 24.1 Å². The zero-order valence-electron chi connectivity index (χ0n) is 15.3. The number of aliphatic imine (C=N–C) groups is 1. The topological polar surface area (TPSA) is 85.3 Å². The first-order valence-electron chi connectivity index (χ1n) is 9.01. The van der Waals surface area contributed by atoms with Crippen LogP contribution in [0, 0.1) is 5.92 Å². The average Bonchev–Trinajstić information content (AvgIpc) is 3.28. The molecule has 27 heavy (non-hydrogen) atoms. The van der Waals surface area contributed by atoms with E-state index in [2.05, 4.69) is 4.99 Å². The van der Waals surface area contributed by atoms with Gasteiger partial charge in [0.05, 0.1) is 17.5 Å². The number of nitrogens with zero attached hydrogens (tertiary/aromatic N) is 2. The van der Waals surface area contributed by atoms with Gasteiger partial charge in [-0.1, -0.05) is 31.7 Å². The number of thioether (sulfide) groups is 1. The van der Waals surface area contributed by atoms with Crippen molar-refractivity contribution in [1.82, 2.24) is 4.90 Å². The van der Waals surface area contributed by atoms with Crippen LogP contribution in [0.5, 0.6) is 11.5 Å². The van der Waals surface area contributed by atoms with Crippen molar-refractivity contribution in [1.29, 1.82) is 0 Å². The maximum atomic E-state index is 12.3. The summed E-state index contributed by atoms with van der Waals surface area (Å²) in [5.41, 5.74) is 0.966. The van der Waals surface area contributed by atoms with E-state index in [4.69, 9.17) is 9.47 Å². The van der Waals surface area contributed by atoms with Crippen LogP contribution >= 0.6 is 11.8 Å². The molecule has 9 heteroatoms. The molecular weight excluding hydrogens is 388 g/mol. The summed E-state index contributed by atoms with van der Waals surface area (Å²) in [6.45, 7) is 4.50. The maximum Gasteiger partial charge on any atom is 0.250 e. The van der Waals surface area contributed by atoms with Gasteiger partial charge in [-0.25, -0.2) is 8.42 Å². The SMILES string of the molecule is CC[C@@H](C)C(=O)N=C1S[C@H]2CS(=O)(=O)C[C@H]2N1Cc1ccc2c(c1)OCO2. The van der Waals surface area contributed by atoms with E-state index in [0.29, 0.717) is 23.2 Å². The highest BCUT2D eigenvalue weighted by atomic mass is 32.2. The lowest BCUT2D eigenvalue weighted by atomic mass is 10.1. The molecule has 3 aliphatic rings. The van der Waals surface area contributed by atoms with Gasteiger partial charge in [0.15, 0.2) is 26.5 Å². The van der Waals surface area contributed by atoms with Gasteiger partial charge in [-0.15, -0.1) is 0 Å². The maximum absolute atomic E-state index is 12.3. The Balaban J connectivity index is 1.62. The van der Waals surface area contributed by atoms with E-state index in [-0.39, 0.29) is 41.4 Å². The van der Waals surface area contributed by atoms with Crippen molar-refractivity contribution < 1.29 is 22.7 Å². The van der Waals surface area contributed by atoms with Crippen LogP contribution in [0.4, 0.5) is 0 Å². The summed E-state index contributed by atoms with van der Waals surface area (Å²) in [5.74, 6) is 1.33. The molecule has 0 saturated carbocycles. The largest absolute Gasteiger partial charge is 0.454 e. The number of benzene rings is 1. The number of rotatable bonds is 4. The third kappa shape index (κ3) is 3.67. The van der Waals surface area contributed by atoms with Crippen molar-refractivity contribution in [3.8, 4) is 11.5 Å². The number of carbonyl (C=O) groups is 1. The zero-order chi connectivity index (χ0) is 19.2. The summed E-state index contributed by atoms with van der Waals surface area (Å²) in [5, 5.41) is 0.551. The number of sulfone groups is 1. The summed E-state index contributed by atoms with van der Waals surface area (Å²) < 4.78 is 35.0. The van der Waals surface area contributed by atoms with Gasteiger partial charge in [0.1, 0.15) is 0 Å². The minimum absolute atomic E-state index is 0.0764. The molecule has 2 fully saturated rings. The highest BCUT2D eigenvalue weighted by Gasteiger charge is 2.48. The van der Waals surface area contributed by atoms with Gasteiger partial charge in [0, 0.05) is 17.7 Å². The van der Waals surface area contributed by atoms with Crippen LogP contribution in [0.3, 0.4) is 0 Å². The highest BCUT2D eigenvalue weighted by molar-refractivity contribution is 8.15. The molecule has 3 atom stereocenters. The predicted molar refractivity (Wildman–Crippen MR) is 104 cm³/mol. The predicted octanol–water partition coefficient (Wildman–Crippen LogP) is 2.06. The van der Waals surface area contributed by atoms with Crippen molar-refractivity contribution >= 4 is 32.7 Å². The molecule has 1 amide bonds. The number of hydrogen-bond acceptors (Lipinski definition) is 6. The number of hydrogen-bond donors (Lipinski definition) is 0. The van der Waals surface area contributed by atoms with Crippen LogP contribution in [-0.2, 0) is 21.2 Å². The quantitative estimate of drug-likeness (QED) is 0.751. The monoisotopic (exact) mass is 410 g/mol. The number of carbonyl (C=O) groups excluding carboxylic acids is 1. The van der Waals surface area contributed by atoms with Gasteiger partial charge in [0.2, 0.25) is 6.79 Å². The lowest BCUT2D eigenvalue weighted by Gasteiger charge is -2.24. The van der Waals surface area contributed by atoms with Crippen LogP contribution in [0.2, 0.25) is 0 Å². The highest BCUT2D eigenvalue weighted by Crippen LogP contribution is 2.40. The minimum Gasteiger partial charge on any atom is -0.454 e. The standard InChI is InChI=1S/C18H22N2O5S2/c1-3-11(2)17(21)19-18-20(13-8-27(22,23)9-16(13)26-18)7-12-4-5-14-15(6-12)25-10-24-14/h4-6,11,13,16H,3,7-10H2,1-2H3/t11-,13-,16+/m1/s1. The first kappa shape index (κ1) is 18.6. The van der Waals surface area contributed by atoms with Crippen molar-refractivity contribution in [2.24, 2.45) is 10.9 Å². The molecule has 3 aliphatic heterocycles. The Morgan fingerprint density at radius 1 is 1.33 bits per heavy atom. The van der Waals surface area contributed by atoms with Crippen molar-refractivity contribution in [2.75, 3.05) is 18.3 Å². The molecule has 0 radical (unpaired) electrons. The molecule has 0 N–H and O–H groups in total. The fourth-order valence-corrected chi connectivity index (χ4v) is 7.39. The Morgan fingerprint density at radius 2 is 2.11 bits per heavy atom. The zero-order valence-corrected chi connectivity index (χ0v) is 16.9. The van der Waals surface area contributed by atoms with E-state index in [1.54, 1.807) is 0 Å². The summed E-state index contributed by atoms with van der Waals surface area (Å²) >= 11 is 1.41. The van der Waals surface area contributed by atoms with Crippen molar-refractivity contribution in [3.05, 3.63) is 23.8 Å². The lowest BCUT2D eigenvalue weighted by molar-refractivity contribution is -0.121. The number of ether oxygens (including phenoxy) is 2. The molecule has 0 spiro atoms. The van der Waals surface area contributed by atoms with E-state index in [1.807, 2.05) is 36.9 Å². The molecule has 0 aliphatic carbocycles. The molecule has 0 bridgehead atoms. The van der Waals surface area contributed by atoms with E-state index in [0.717, 1.165) is 12.0 Å². The Labute approximate surface area is 163 Å². The Morgan fingerprint density at radius 3 is 2.89 bits per heavy atom. The number of amidine groups is 1. The van der Waals surface area contributed by atoms with Gasteiger partial charge in [-0.3, -0.25) is 4.79 Å². The normalized spacial score (nSPS) is 27.8. The fourth-order valence-electron chi connectivity index (χ4n) is 3.44. The molecule has 2 saturated heterocycles. The summed E-state index contributed by atoms with van der Waals surface area (Å²) in [7, 11) is -3.06. The number of fused-ring (bicyclic) bond motifs is 2. The van der Waals surface area contributed by atoms with Crippen LogP contribution < -0.4 is 9.47 Å². The second-order valence-electron chi connectivity index (χ2n) is 7.16.